The van der Waals surface area contributed by atoms with Gasteiger partial charge >= 0.3 is 0 Å². The van der Waals surface area contributed by atoms with Crippen LogP contribution in [0, 0.1) is 6.92 Å². The normalized spacial score (nSPS) is 10.1. The number of benzene rings is 1. The number of aryl methyl sites for hydroxylation is 1. The second-order valence-corrected chi connectivity index (χ2v) is 3.89. The maximum absolute atomic E-state index is 5.78. The van der Waals surface area contributed by atoms with Crippen LogP contribution in [0.3, 0.4) is 0 Å². The van der Waals surface area contributed by atoms with Crippen molar-refractivity contribution < 1.29 is 0 Å². The molecule has 0 aliphatic carbocycles. The van der Waals surface area contributed by atoms with Crippen molar-refractivity contribution in [2.75, 3.05) is 5.32 Å². The molecule has 0 radical (unpaired) electrons. The minimum absolute atomic E-state index is 0.504. The van der Waals surface area contributed by atoms with Crippen molar-refractivity contribution in [3.8, 4) is 0 Å². The molecule has 0 atom stereocenters. The minimum atomic E-state index is 0.504. The van der Waals surface area contributed by atoms with Gasteiger partial charge in [-0.3, -0.25) is 0 Å². The van der Waals surface area contributed by atoms with Gasteiger partial charge in [0.25, 0.3) is 0 Å². The largest absolute Gasteiger partial charge is 0.340 e. The first-order chi connectivity index (χ1) is 7.79. The molecule has 1 N–H and O–H groups in total. The van der Waals surface area contributed by atoms with Crippen LogP contribution >= 0.6 is 11.6 Å². The number of nitrogens with zero attached hydrogens (tertiary/aromatic N) is 1. The zero-order valence-electron chi connectivity index (χ0n) is 9.07. The molecule has 2 rings (SSSR count). The Morgan fingerprint density at radius 3 is 2.62 bits per heavy atom. The van der Waals surface area contributed by atoms with Gasteiger partial charge in [0, 0.05) is 17.8 Å². The van der Waals surface area contributed by atoms with E-state index < -0.39 is 0 Å². The molecule has 0 saturated heterocycles. The van der Waals surface area contributed by atoms with E-state index in [0.717, 1.165) is 22.6 Å². The van der Waals surface area contributed by atoms with Gasteiger partial charge in [0.15, 0.2) is 0 Å². The van der Waals surface area contributed by atoms with Gasteiger partial charge in [-0.05, 0) is 36.2 Å². The van der Waals surface area contributed by atoms with Gasteiger partial charge in [0.05, 0.1) is 0 Å². The molecular formula is C13H13ClN2. The molecule has 0 aliphatic rings. The van der Waals surface area contributed by atoms with Crippen LogP contribution in [0.15, 0.2) is 42.6 Å². The van der Waals surface area contributed by atoms with Gasteiger partial charge in [-0.1, -0.05) is 18.2 Å². The summed E-state index contributed by atoms with van der Waals surface area (Å²) in [6, 6.07) is 12.0. The number of rotatable bonds is 3. The van der Waals surface area contributed by atoms with Crippen LogP contribution in [0.25, 0.3) is 0 Å². The van der Waals surface area contributed by atoms with Crippen molar-refractivity contribution in [2.45, 2.75) is 12.8 Å². The molecule has 1 heterocycles. The zero-order chi connectivity index (χ0) is 11.4. The summed E-state index contributed by atoms with van der Waals surface area (Å²) >= 11 is 5.78. The van der Waals surface area contributed by atoms with E-state index >= 15 is 0 Å². The molecule has 16 heavy (non-hydrogen) atoms. The highest BCUT2D eigenvalue weighted by Crippen LogP contribution is 2.17. The molecule has 2 nitrogen and oxygen atoms in total. The van der Waals surface area contributed by atoms with Crippen LogP contribution in [0.1, 0.15) is 11.1 Å². The van der Waals surface area contributed by atoms with Gasteiger partial charge < -0.3 is 5.32 Å². The minimum Gasteiger partial charge on any atom is -0.340 e. The van der Waals surface area contributed by atoms with Gasteiger partial charge in [0.1, 0.15) is 5.82 Å². The lowest BCUT2D eigenvalue weighted by Gasteiger charge is -2.07. The molecule has 3 heteroatoms. The number of hydrogen-bond donors (Lipinski definition) is 1. The number of hydrogen-bond acceptors (Lipinski definition) is 2. The van der Waals surface area contributed by atoms with E-state index in [-0.39, 0.29) is 0 Å². The predicted molar refractivity (Wildman–Crippen MR) is 68.3 cm³/mol. The monoisotopic (exact) mass is 232 g/mol. The SMILES string of the molecule is Cc1cc(Nc2ccccc2)ncc1CCl. The molecule has 1 aromatic carbocycles. The summed E-state index contributed by atoms with van der Waals surface area (Å²) in [5, 5.41) is 3.24. The average molecular weight is 233 g/mol. The average Bonchev–Trinajstić information content (AvgIpc) is 2.31. The molecule has 0 fully saturated rings. The molecule has 2 aromatic rings. The highest BCUT2D eigenvalue weighted by atomic mass is 35.5. The molecule has 1 aromatic heterocycles. The third kappa shape index (κ3) is 2.52. The predicted octanol–water partition coefficient (Wildman–Crippen LogP) is 3.87. The molecular weight excluding hydrogens is 220 g/mol. The van der Waals surface area contributed by atoms with Crippen LogP contribution in [-0.4, -0.2) is 4.98 Å². The highest BCUT2D eigenvalue weighted by molar-refractivity contribution is 6.17. The maximum atomic E-state index is 5.78. The Kier molecular flexibility index (Phi) is 3.42. The second kappa shape index (κ2) is 4.99. The van der Waals surface area contributed by atoms with E-state index in [1.165, 1.54) is 0 Å². The Morgan fingerprint density at radius 2 is 2.00 bits per heavy atom. The lowest BCUT2D eigenvalue weighted by atomic mass is 10.2. The van der Waals surface area contributed by atoms with Crippen molar-refractivity contribution in [2.24, 2.45) is 0 Å². The first kappa shape index (κ1) is 11.0. The highest BCUT2D eigenvalue weighted by Gasteiger charge is 2.00. The number of pyridine rings is 1. The molecule has 0 amide bonds. The number of para-hydroxylation sites is 1. The van der Waals surface area contributed by atoms with Crippen molar-refractivity contribution >= 4 is 23.1 Å². The Morgan fingerprint density at radius 1 is 1.25 bits per heavy atom. The topological polar surface area (TPSA) is 24.9 Å². The Bertz CT molecular complexity index is 469. The molecule has 82 valence electrons. The molecule has 0 unspecified atom stereocenters. The van der Waals surface area contributed by atoms with E-state index in [9.17, 15) is 0 Å². The summed E-state index contributed by atoms with van der Waals surface area (Å²) in [6.45, 7) is 2.04. The molecule has 0 aliphatic heterocycles. The third-order valence-electron chi connectivity index (χ3n) is 2.41. The molecule has 0 bridgehead atoms. The van der Waals surface area contributed by atoms with Gasteiger partial charge in [0.2, 0.25) is 0 Å². The Labute approximate surface area is 100 Å². The first-order valence-corrected chi connectivity index (χ1v) is 5.66. The molecule has 0 saturated carbocycles. The van der Waals surface area contributed by atoms with E-state index in [4.69, 9.17) is 11.6 Å². The number of nitrogens with one attached hydrogen (secondary N) is 1. The summed E-state index contributed by atoms with van der Waals surface area (Å²) in [6.07, 6.45) is 1.81. The fraction of sp³-hybridized carbons (Fsp3) is 0.154. The third-order valence-corrected chi connectivity index (χ3v) is 2.70. The summed E-state index contributed by atoms with van der Waals surface area (Å²) in [7, 11) is 0. The first-order valence-electron chi connectivity index (χ1n) is 5.13. The van der Waals surface area contributed by atoms with Gasteiger partial charge in [-0.25, -0.2) is 4.98 Å². The van der Waals surface area contributed by atoms with Crippen LogP contribution < -0.4 is 5.32 Å². The standard InChI is InChI=1S/C13H13ClN2/c1-10-7-13(15-9-11(10)8-14)16-12-5-3-2-4-6-12/h2-7,9H,8H2,1H3,(H,15,16). The van der Waals surface area contributed by atoms with E-state index in [1.807, 2.05) is 49.5 Å². The number of alkyl halides is 1. The van der Waals surface area contributed by atoms with Crippen LogP contribution in [0.2, 0.25) is 0 Å². The Balaban J connectivity index is 2.20. The molecule has 0 spiro atoms. The maximum Gasteiger partial charge on any atom is 0.130 e. The number of halogens is 1. The quantitative estimate of drug-likeness (QED) is 0.813. The Hall–Kier alpha value is -1.54. The van der Waals surface area contributed by atoms with Gasteiger partial charge in [-0.2, -0.15) is 0 Å². The second-order valence-electron chi connectivity index (χ2n) is 3.62. The van der Waals surface area contributed by atoms with Crippen molar-refractivity contribution in [3.63, 3.8) is 0 Å². The van der Waals surface area contributed by atoms with Crippen molar-refractivity contribution in [3.05, 3.63) is 53.7 Å². The van der Waals surface area contributed by atoms with E-state index in [1.54, 1.807) is 0 Å². The fourth-order valence-corrected chi connectivity index (χ4v) is 1.74. The van der Waals surface area contributed by atoms with E-state index in [2.05, 4.69) is 10.3 Å². The van der Waals surface area contributed by atoms with Crippen LogP contribution in [0.4, 0.5) is 11.5 Å². The fourth-order valence-electron chi connectivity index (χ4n) is 1.46. The van der Waals surface area contributed by atoms with Crippen LogP contribution in [-0.2, 0) is 5.88 Å². The van der Waals surface area contributed by atoms with Gasteiger partial charge in [-0.15, -0.1) is 11.6 Å². The number of aromatic nitrogens is 1. The zero-order valence-corrected chi connectivity index (χ0v) is 9.83. The van der Waals surface area contributed by atoms with Crippen molar-refractivity contribution in [1.29, 1.82) is 0 Å². The lowest BCUT2D eigenvalue weighted by molar-refractivity contribution is 1.19. The summed E-state index contributed by atoms with van der Waals surface area (Å²) in [5.74, 6) is 1.35. The van der Waals surface area contributed by atoms with E-state index in [0.29, 0.717) is 5.88 Å². The van der Waals surface area contributed by atoms with Crippen LogP contribution in [0.5, 0.6) is 0 Å². The number of anilines is 2. The lowest BCUT2D eigenvalue weighted by Crippen LogP contribution is -1.95. The summed E-state index contributed by atoms with van der Waals surface area (Å²) in [4.78, 5) is 4.31. The van der Waals surface area contributed by atoms with Crippen molar-refractivity contribution in [1.82, 2.24) is 4.98 Å². The summed E-state index contributed by atoms with van der Waals surface area (Å²) < 4.78 is 0. The smallest absolute Gasteiger partial charge is 0.130 e. The summed E-state index contributed by atoms with van der Waals surface area (Å²) in [5.41, 5.74) is 3.26.